The molecule has 1 heterocycles. The lowest BCUT2D eigenvalue weighted by molar-refractivity contribution is -0.123. The van der Waals surface area contributed by atoms with Crippen molar-refractivity contribution in [3.8, 4) is 0 Å². The van der Waals surface area contributed by atoms with Crippen molar-refractivity contribution < 1.29 is 31.9 Å². The van der Waals surface area contributed by atoms with Gasteiger partial charge in [-0.3, -0.25) is 9.59 Å². The van der Waals surface area contributed by atoms with E-state index in [4.69, 9.17) is 0 Å². The Balaban J connectivity index is 2.05. The van der Waals surface area contributed by atoms with Crippen LogP contribution >= 0.6 is 0 Å². The highest BCUT2D eigenvalue weighted by atomic mass is 19.4. The van der Waals surface area contributed by atoms with Gasteiger partial charge < -0.3 is 20.4 Å². The highest BCUT2D eigenvalue weighted by molar-refractivity contribution is 5.98. The molecule has 1 aliphatic heterocycles. The summed E-state index contributed by atoms with van der Waals surface area (Å²) in [5.74, 6) is -2.74. The first-order chi connectivity index (χ1) is 13.9. The highest BCUT2D eigenvalue weighted by Gasteiger charge is 2.30. The van der Waals surface area contributed by atoms with Crippen molar-refractivity contribution in [1.82, 2.24) is 15.1 Å². The van der Waals surface area contributed by atoms with Crippen molar-refractivity contribution in [2.45, 2.75) is 25.9 Å². The number of piperidine rings is 1. The van der Waals surface area contributed by atoms with E-state index in [0.29, 0.717) is 25.9 Å². The minimum absolute atomic E-state index is 0.0176. The topological polar surface area (TPSA) is 81.8 Å². The fourth-order valence-corrected chi connectivity index (χ4v) is 3.07. The minimum Gasteiger partial charge on any atom is -0.343 e. The van der Waals surface area contributed by atoms with E-state index in [9.17, 15) is 31.9 Å². The number of hydrogen-bond acceptors (Lipinski definition) is 3. The van der Waals surface area contributed by atoms with E-state index in [1.54, 1.807) is 24.3 Å². The second-order valence-electron chi connectivity index (χ2n) is 7.36. The number of benzene rings is 1. The Kier molecular flexibility index (Phi) is 7.27. The van der Waals surface area contributed by atoms with E-state index in [-0.39, 0.29) is 22.8 Å². The summed E-state index contributed by atoms with van der Waals surface area (Å²) < 4.78 is 51.0. The number of nitrogens with one attached hydrogen (secondary N) is 2. The van der Waals surface area contributed by atoms with Gasteiger partial charge in [0, 0.05) is 49.9 Å². The summed E-state index contributed by atoms with van der Waals surface area (Å²) >= 11 is 0. The lowest BCUT2D eigenvalue weighted by Gasteiger charge is -2.33. The van der Waals surface area contributed by atoms with E-state index in [1.165, 1.54) is 11.8 Å². The lowest BCUT2D eigenvalue weighted by atomic mass is 9.95. The van der Waals surface area contributed by atoms with Crippen molar-refractivity contribution in [2.75, 3.05) is 39.0 Å². The Bertz CT molecular complexity index is 819. The van der Waals surface area contributed by atoms with Gasteiger partial charge in [-0.15, -0.1) is 0 Å². The van der Waals surface area contributed by atoms with E-state index in [1.807, 2.05) is 0 Å². The molecular weight excluding hydrogens is 408 g/mol. The molecular formula is C19H24F4N4O3. The van der Waals surface area contributed by atoms with Crippen molar-refractivity contribution in [3.05, 3.63) is 29.1 Å². The normalized spacial score (nSPS) is 15.0. The Labute approximate surface area is 171 Å². The van der Waals surface area contributed by atoms with Crippen LogP contribution in [0.3, 0.4) is 0 Å². The fraction of sp³-hybridized carbons (Fsp3) is 0.526. The smallest absolute Gasteiger partial charge is 0.343 e. The third-order valence-electron chi connectivity index (χ3n) is 4.83. The fourth-order valence-electron chi connectivity index (χ4n) is 3.07. The van der Waals surface area contributed by atoms with Crippen LogP contribution in [0, 0.1) is 18.7 Å². The van der Waals surface area contributed by atoms with Crippen molar-refractivity contribution in [3.63, 3.8) is 0 Å². The van der Waals surface area contributed by atoms with Gasteiger partial charge in [0.2, 0.25) is 5.91 Å². The average Bonchev–Trinajstić information content (AvgIpc) is 2.68. The predicted molar refractivity (Wildman–Crippen MR) is 102 cm³/mol. The molecule has 1 aromatic rings. The summed E-state index contributed by atoms with van der Waals surface area (Å²) in [5.41, 5.74) is -0.246. The van der Waals surface area contributed by atoms with Crippen molar-refractivity contribution in [1.29, 1.82) is 0 Å². The van der Waals surface area contributed by atoms with Crippen LogP contribution < -0.4 is 10.6 Å². The molecule has 0 aromatic heterocycles. The van der Waals surface area contributed by atoms with Crippen molar-refractivity contribution >= 4 is 23.5 Å². The van der Waals surface area contributed by atoms with Crippen LogP contribution in [-0.4, -0.2) is 67.6 Å². The number of anilines is 1. The van der Waals surface area contributed by atoms with Gasteiger partial charge in [-0.05, 0) is 31.9 Å². The highest BCUT2D eigenvalue weighted by Crippen LogP contribution is 2.25. The number of carbonyl (C=O) groups excluding carboxylic acids is 3. The van der Waals surface area contributed by atoms with Crippen LogP contribution in [0.25, 0.3) is 0 Å². The number of halogens is 4. The molecule has 30 heavy (non-hydrogen) atoms. The summed E-state index contributed by atoms with van der Waals surface area (Å²) in [6, 6.07) is 1.82. The van der Waals surface area contributed by atoms with Crippen molar-refractivity contribution in [2.24, 2.45) is 5.92 Å². The number of nitrogens with zero attached hydrogens (tertiary/aromatic N) is 2. The van der Waals surface area contributed by atoms with Gasteiger partial charge in [0.25, 0.3) is 5.91 Å². The zero-order valence-corrected chi connectivity index (χ0v) is 16.9. The van der Waals surface area contributed by atoms with Gasteiger partial charge in [0.05, 0.1) is 0 Å². The molecule has 2 N–H and O–H groups in total. The molecule has 0 spiro atoms. The third kappa shape index (κ3) is 6.07. The SMILES string of the molecule is Cc1c(F)cc(C(=O)NCC(F)(F)F)cc1NC(=O)C1CCN(C(=O)N(C)C)CC1. The number of amides is 4. The van der Waals surface area contributed by atoms with Gasteiger partial charge in [-0.2, -0.15) is 13.2 Å². The Morgan fingerprint density at radius 3 is 2.30 bits per heavy atom. The van der Waals surface area contributed by atoms with Crippen LogP contribution in [0.4, 0.5) is 28.0 Å². The number of rotatable bonds is 4. The van der Waals surface area contributed by atoms with Crippen LogP contribution in [0.5, 0.6) is 0 Å². The van der Waals surface area contributed by atoms with Crippen LogP contribution in [0.2, 0.25) is 0 Å². The Morgan fingerprint density at radius 1 is 1.17 bits per heavy atom. The van der Waals surface area contributed by atoms with Gasteiger partial charge in [-0.1, -0.05) is 0 Å². The van der Waals surface area contributed by atoms with Gasteiger partial charge in [-0.25, -0.2) is 9.18 Å². The molecule has 1 aliphatic rings. The van der Waals surface area contributed by atoms with Gasteiger partial charge >= 0.3 is 12.2 Å². The molecule has 11 heteroatoms. The molecule has 166 valence electrons. The Morgan fingerprint density at radius 2 is 1.77 bits per heavy atom. The zero-order chi connectivity index (χ0) is 22.6. The first-order valence-corrected chi connectivity index (χ1v) is 9.31. The summed E-state index contributed by atoms with van der Waals surface area (Å²) in [6.45, 7) is 0.624. The monoisotopic (exact) mass is 432 g/mol. The van der Waals surface area contributed by atoms with E-state index in [0.717, 1.165) is 12.1 Å². The molecule has 0 radical (unpaired) electrons. The van der Waals surface area contributed by atoms with Crippen LogP contribution in [0.15, 0.2) is 12.1 Å². The zero-order valence-electron chi connectivity index (χ0n) is 16.9. The maximum absolute atomic E-state index is 14.2. The van der Waals surface area contributed by atoms with E-state index in [2.05, 4.69) is 5.32 Å². The van der Waals surface area contributed by atoms with Gasteiger partial charge in [0.15, 0.2) is 0 Å². The molecule has 0 aliphatic carbocycles. The van der Waals surface area contributed by atoms with Crippen LogP contribution in [0.1, 0.15) is 28.8 Å². The van der Waals surface area contributed by atoms with E-state index >= 15 is 0 Å². The summed E-state index contributed by atoms with van der Waals surface area (Å²) in [7, 11) is 3.27. The second kappa shape index (κ2) is 9.31. The van der Waals surface area contributed by atoms with Gasteiger partial charge in [0.1, 0.15) is 12.4 Å². The molecule has 7 nitrogen and oxygen atoms in total. The standard InChI is InChI=1S/C19H24F4N4O3/c1-11-14(20)8-13(16(28)24-10-19(21,22)23)9-15(11)25-17(29)12-4-6-27(7-5-12)18(30)26(2)3/h8-9,12H,4-7,10H2,1-3H3,(H,24,28)(H,25,29). The van der Waals surface area contributed by atoms with Crippen LogP contribution in [-0.2, 0) is 4.79 Å². The molecule has 2 rings (SSSR count). The number of likely N-dealkylation sites (tertiary alicyclic amines) is 1. The predicted octanol–water partition coefficient (Wildman–Crippen LogP) is 2.76. The first kappa shape index (κ1) is 23.4. The average molecular weight is 432 g/mol. The molecule has 0 atom stereocenters. The summed E-state index contributed by atoms with van der Waals surface area (Å²) in [4.78, 5) is 39.5. The molecule has 1 fully saturated rings. The Hall–Kier alpha value is -2.85. The van der Waals surface area contributed by atoms with E-state index < -0.39 is 36.3 Å². The first-order valence-electron chi connectivity index (χ1n) is 9.31. The maximum atomic E-state index is 14.2. The maximum Gasteiger partial charge on any atom is 0.405 e. The molecule has 1 aromatic carbocycles. The number of urea groups is 1. The molecule has 1 saturated heterocycles. The second-order valence-corrected chi connectivity index (χ2v) is 7.36. The summed E-state index contributed by atoms with van der Waals surface area (Å²) in [6.07, 6.45) is -3.77. The molecule has 0 bridgehead atoms. The molecule has 0 unspecified atom stereocenters. The molecule has 0 saturated carbocycles. The third-order valence-corrected chi connectivity index (χ3v) is 4.83. The summed E-state index contributed by atoms with van der Waals surface area (Å²) in [5, 5.41) is 4.23. The number of carbonyl (C=O) groups is 3. The number of hydrogen-bond donors (Lipinski definition) is 2. The molecule has 4 amide bonds. The lowest BCUT2D eigenvalue weighted by Crippen LogP contribution is -2.45. The minimum atomic E-state index is -4.60. The largest absolute Gasteiger partial charge is 0.405 e. The quantitative estimate of drug-likeness (QED) is 0.718. The number of alkyl halides is 3.